The number of hydrogen-bond donors (Lipinski definition) is 1. The maximum Gasteiger partial charge on any atom is 0.228 e. The van der Waals surface area contributed by atoms with Gasteiger partial charge in [-0.05, 0) is 25.3 Å². The Morgan fingerprint density at radius 2 is 2.06 bits per heavy atom. The third kappa shape index (κ3) is 3.93. The van der Waals surface area contributed by atoms with Crippen LogP contribution in [0.15, 0.2) is 4.52 Å². The molecular weight excluding hydrogens is 202 g/mol. The van der Waals surface area contributed by atoms with Crippen molar-refractivity contribution >= 4 is 0 Å². The van der Waals surface area contributed by atoms with E-state index in [2.05, 4.69) is 43.2 Å². The lowest BCUT2D eigenvalue weighted by molar-refractivity contribution is 0.244. The van der Waals surface area contributed by atoms with Crippen LogP contribution in [0.4, 0.5) is 0 Å². The summed E-state index contributed by atoms with van der Waals surface area (Å²) in [5.41, 5.74) is 0.192. The molecule has 92 valence electrons. The summed E-state index contributed by atoms with van der Waals surface area (Å²) in [6.45, 7) is 11.7. The summed E-state index contributed by atoms with van der Waals surface area (Å²) in [6, 6.07) is 0.368. The topological polar surface area (TPSA) is 51.0 Å². The van der Waals surface area contributed by atoms with Crippen LogP contribution in [0.2, 0.25) is 0 Å². The average molecular weight is 225 g/mol. The minimum absolute atomic E-state index is 0.192. The van der Waals surface area contributed by atoms with Crippen molar-refractivity contribution in [2.45, 2.75) is 53.5 Å². The molecule has 0 saturated carbocycles. The highest BCUT2D eigenvalue weighted by molar-refractivity contribution is 4.91. The van der Waals surface area contributed by atoms with Crippen molar-refractivity contribution < 1.29 is 4.52 Å². The van der Waals surface area contributed by atoms with Gasteiger partial charge < -0.3 is 9.84 Å². The molecule has 0 saturated heterocycles. The summed E-state index contributed by atoms with van der Waals surface area (Å²) in [6.07, 6.45) is 1.93. The highest BCUT2D eigenvalue weighted by Crippen LogP contribution is 2.22. The van der Waals surface area contributed by atoms with Crippen LogP contribution in [0.3, 0.4) is 0 Å². The van der Waals surface area contributed by atoms with Gasteiger partial charge in [-0.25, -0.2) is 0 Å². The smallest absolute Gasteiger partial charge is 0.228 e. The van der Waals surface area contributed by atoms with Crippen LogP contribution in [0.5, 0.6) is 0 Å². The molecule has 1 unspecified atom stereocenters. The fourth-order valence-corrected chi connectivity index (χ4v) is 1.60. The maximum atomic E-state index is 5.17. The Balaban J connectivity index is 2.63. The van der Waals surface area contributed by atoms with Gasteiger partial charge in [0.25, 0.3) is 0 Å². The van der Waals surface area contributed by atoms with Crippen LogP contribution < -0.4 is 5.32 Å². The molecule has 0 amide bonds. The second-order valence-electron chi connectivity index (χ2n) is 5.31. The zero-order valence-corrected chi connectivity index (χ0v) is 11.0. The molecule has 0 fully saturated rings. The maximum absolute atomic E-state index is 5.17. The zero-order valence-electron chi connectivity index (χ0n) is 11.0. The molecule has 0 spiro atoms. The number of hydrogen-bond acceptors (Lipinski definition) is 4. The van der Waals surface area contributed by atoms with E-state index in [1.807, 2.05) is 6.92 Å². The molecule has 0 radical (unpaired) electrons. The van der Waals surface area contributed by atoms with Gasteiger partial charge in [0, 0.05) is 12.5 Å². The van der Waals surface area contributed by atoms with Gasteiger partial charge in [-0.3, -0.25) is 0 Å². The number of aromatic nitrogens is 2. The molecule has 0 bridgehead atoms. The quantitative estimate of drug-likeness (QED) is 0.835. The van der Waals surface area contributed by atoms with Crippen LogP contribution in [0.25, 0.3) is 0 Å². The molecule has 0 aliphatic rings. The molecule has 0 aliphatic heterocycles. The van der Waals surface area contributed by atoms with E-state index >= 15 is 0 Å². The van der Waals surface area contributed by atoms with Gasteiger partial charge in [0.2, 0.25) is 5.89 Å². The van der Waals surface area contributed by atoms with Gasteiger partial charge in [0.1, 0.15) is 0 Å². The summed E-state index contributed by atoms with van der Waals surface area (Å²) in [5, 5.41) is 7.36. The standard InChI is InChI=1S/C12H23N3O/c1-6-7-13-10(12(3,4)5)8-11-14-9(2)15-16-11/h10,13H,6-8H2,1-5H3. The van der Waals surface area contributed by atoms with Crippen LogP contribution in [-0.2, 0) is 6.42 Å². The van der Waals surface area contributed by atoms with E-state index in [-0.39, 0.29) is 5.41 Å². The zero-order chi connectivity index (χ0) is 12.2. The Kier molecular flexibility index (Phi) is 4.47. The number of nitrogens with zero attached hydrogens (tertiary/aromatic N) is 2. The molecule has 16 heavy (non-hydrogen) atoms. The normalized spacial score (nSPS) is 14.1. The SMILES string of the molecule is CCCNC(Cc1nc(C)no1)C(C)(C)C. The molecule has 1 aromatic heterocycles. The summed E-state index contributed by atoms with van der Waals surface area (Å²) in [4.78, 5) is 4.25. The molecular formula is C12H23N3O. The minimum atomic E-state index is 0.192. The molecule has 4 nitrogen and oxygen atoms in total. The van der Waals surface area contributed by atoms with E-state index in [1.165, 1.54) is 0 Å². The predicted molar refractivity (Wildman–Crippen MR) is 64.3 cm³/mol. The number of nitrogens with one attached hydrogen (secondary N) is 1. The van der Waals surface area contributed by atoms with Crippen LogP contribution in [0, 0.1) is 12.3 Å². The summed E-state index contributed by atoms with van der Waals surface area (Å²) in [5.74, 6) is 1.43. The second-order valence-corrected chi connectivity index (χ2v) is 5.31. The Hall–Kier alpha value is -0.900. The summed E-state index contributed by atoms with van der Waals surface area (Å²) >= 11 is 0. The molecule has 1 rings (SSSR count). The predicted octanol–water partition coefficient (Wildman–Crippen LogP) is 2.33. The van der Waals surface area contributed by atoms with Gasteiger partial charge in [-0.2, -0.15) is 4.98 Å². The second kappa shape index (κ2) is 5.43. The van der Waals surface area contributed by atoms with Crippen LogP contribution in [0.1, 0.15) is 45.8 Å². The lowest BCUT2D eigenvalue weighted by Gasteiger charge is -2.30. The van der Waals surface area contributed by atoms with Gasteiger partial charge in [-0.1, -0.05) is 32.9 Å². The third-order valence-corrected chi connectivity index (χ3v) is 2.63. The van der Waals surface area contributed by atoms with Crippen molar-refractivity contribution in [3.63, 3.8) is 0 Å². The molecule has 1 aromatic rings. The molecule has 0 aromatic carbocycles. The highest BCUT2D eigenvalue weighted by Gasteiger charge is 2.26. The first-order chi connectivity index (χ1) is 7.43. The van der Waals surface area contributed by atoms with Crippen molar-refractivity contribution in [1.29, 1.82) is 0 Å². The average Bonchev–Trinajstić information content (AvgIpc) is 2.57. The van der Waals surface area contributed by atoms with Crippen molar-refractivity contribution in [3.8, 4) is 0 Å². The third-order valence-electron chi connectivity index (χ3n) is 2.63. The molecule has 1 heterocycles. The van der Waals surface area contributed by atoms with E-state index in [9.17, 15) is 0 Å². The fourth-order valence-electron chi connectivity index (χ4n) is 1.60. The van der Waals surface area contributed by atoms with Gasteiger partial charge in [0.15, 0.2) is 5.82 Å². The summed E-state index contributed by atoms with van der Waals surface area (Å²) in [7, 11) is 0. The van der Waals surface area contributed by atoms with E-state index in [0.29, 0.717) is 11.9 Å². The van der Waals surface area contributed by atoms with Crippen molar-refractivity contribution in [1.82, 2.24) is 15.5 Å². The Morgan fingerprint density at radius 1 is 1.38 bits per heavy atom. The van der Waals surface area contributed by atoms with E-state index in [0.717, 1.165) is 25.3 Å². The Morgan fingerprint density at radius 3 is 2.50 bits per heavy atom. The first kappa shape index (κ1) is 13.2. The molecule has 0 aliphatic carbocycles. The fraction of sp³-hybridized carbons (Fsp3) is 0.833. The van der Waals surface area contributed by atoms with Gasteiger partial charge in [-0.15, -0.1) is 0 Å². The van der Waals surface area contributed by atoms with Crippen molar-refractivity contribution in [2.24, 2.45) is 5.41 Å². The largest absolute Gasteiger partial charge is 0.339 e. The first-order valence-corrected chi connectivity index (χ1v) is 5.96. The molecule has 1 N–H and O–H groups in total. The van der Waals surface area contributed by atoms with E-state index < -0.39 is 0 Å². The lowest BCUT2D eigenvalue weighted by Crippen LogP contribution is -2.42. The van der Waals surface area contributed by atoms with Crippen molar-refractivity contribution in [2.75, 3.05) is 6.54 Å². The monoisotopic (exact) mass is 225 g/mol. The minimum Gasteiger partial charge on any atom is -0.339 e. The van der Waals surface area contributed by atoms with Crippen molar-refractivity contribution in [3.05, 3.63) is 11.7 Å². The Labute approximate surface area is 97.8 Å². The van der Waals surface area contributed by atoms with E-state index in [1.54, 1.807) is 0 Å². The first-order valence-electron chi connectivity index (χ1n) is 5.96. The molecule has 1 atom stereocenters. The van der Waals surface area contributed by atoms with Crippen LogP contribution >= 0.6 is 0 Å². The summed E-state index contributed by atoms with van der Waals surface area (Å²) < 4.78 is 5.17. The lowest BCUT2D eigenvalue weighted by atomic mass is 9.84. The Bertz CT molecular complexity index is 314. The highest BCUT2D eigenvalue weighted by atomic mass is 16.5. The van der Waals surface area contributed by atoms with Crippen LogP contribution in [-0.4, -0.2) is 22.7 Å². The van der Waals surface area contributed by atoms with Gasteiger partial charge >= 0.3 is 0 Å². The van der Waals surface area contributed by atoms with E-state index in [4.69, 9.17) is 4.52 Å². The number of rotatable bonds is 5. The molecule has 4 heteroatoms. The number of aryl methyl sites for hydroxylation is 1. The van der Waals surface area contributed by atoms with Gasteiger partial charge in [0.05, 0.1) is 0 Å².